The van der Waals surface area contributed by atoms with Gasteiger partial charge in [-0.3, -0.25) is 0 Å². The van der Waals surface area contributed by atoms with Crippen LogP contribution in [0.2, 0.25) is 0 Å². The number of halogens is 1. The second-order valence-electron chi connectivity index (χ2n) is 9.16. The van der Waals surface area contributed by atoms with Crippen molar-refractivity contribution in [3.63, 3.8) is 0 Å². The molecule has 33 heavy (non-hydrogen) atoms. The molecule has 3 aromatic heterocycles. The van der Waals surface area contributed by atoms with Gasteiger partial charge in [0.15, 0.2) is 6.20 Å². The normalized spacial score (nSPS) is 12.2. The van der Waals surface area contributed by atoms with Gasteiger partial charge in [0, 0.05) is 16.8 Å². The fourth-order valence-corrected chi connectivity index (χ4v) is 5.78. The first-order chi connectivity index (χ1) is 16.0. The molecule has 3 heteroatoms. The number of aromatic nitrogens is 2. The Balaban J connectivity index is 1.90. The lowest BCUT2D eigenvalue weighted by molar-refractivity contribution is -0.643. The highest BCUT2D eigenvalue weighted by atomic mass is 19.1. The Bertz CT molecular complexity index is 1890. The number of fused-ring (bicyclic) bond motifs is 5. The minimum atomic E-state index is -0.209. The fraction of sp³-hybridized carbons (Fsp3) is 0.100. The van der Waals surface area contributed by atoms with Crippen molar-refractivity contribution in [3.8, 4) is 11.1 Å². The zero-order chi connectivity index (χ0) is 22.4. The molecule has 0 N–H and O–H groups in total. The number of rotatable bonds is 1. The van der Waals surface area contributed by atoms with Crippen molar-refractivity contribution in [2.75, 3.05) is 0 Å². The average molecular weight is 430 g/mol. The van der Waals surface area contributed by atoms with Gasteiger partial charge < -0.3 is 4.40 Å². The van der Waals surface area contributed by atoms with Crippen molar-refractivity contribution >= 4 is 49.0 Å². The second-order valence-corrected chi connectivity index (χ2v) is 9.16. The molecule has 0 aliphatic carbocycles. The lowest BCUT2D eigenvalue weighted by Crippen LogP contribution is -2.29. The van der Waals surface area contributed by atoms with Crippen LogP contribution >= 0.6 is 0 Å². The molecule has 0 bridgehead atoms. The van der Waals surface area contributed by atoms with E-state index in [9.17, 15) is 4.39 Å². The van der Waals surface area contributed by atoms with Gasteiger partial charge in [0.2, 0.25) is 5.52 Å². The van der Waals surface area contributed by atoms with E-state index in [0.29, 0.717) is 0 Å². The van der Waals surface area contributed by atoms with E-state index in [2.05, 4.69) is 78.4 Å². The van der Waals surface area contributed by atoms with Crippen molar-refractivity contribution in [1.82, 2.24) is 4.40 Å². The third kappa shape index (κ3) is 2.29. The van der Waals surface area contributed by atoms with Crippen molar-refractivity contribution in [2.24, 2.45) is 7.05 Å². The first-order valence-corrected chi connectivity index (χ1v) is 11.3. The van der Waals surface area contributed by atoms with E-state index in [1.165, 1.54) is 38.4 Å². The maximum atomic E-state index is 14.9. The van der Waals surface area contributed by atoms with E-state index in [1.807, 2.05) is 18.3 Å². The topological polar surface area (TPSA) is 8.29 Å². The molecule has 7 rings (SSSR count). The molecular formula is C30H22FN2+. The zero-order valence-electron chi connectivity index (χ0n) is 18.8. The summed E-state index contributed by atoms with van der Waals surface area (Å²) in [4.78, 5) is 0. The SMILES string of the molecule is Cc1cc2c3c(-c4ccccc4)cccc3n3c4cc(F)cc5cc[n+](C)c(c(c1C)c23)c54. The Hall–Kier alpha value is -3.98. The van der Waals surface area contributed by atoms with Gasteiger partial charge in [-0.1, -0.05) is 42.5 Å². The molecule has 0 atom stereocenters. The quantitative estimate of drug-likeness (QED) is 0.148. The molecule has 0 saturated carbocycles. The average Bonchev–Trinajstić information content (AvgIpc) is 3.15. The van der Waals surface area contributed by atoms with E-state index in [-0.39, 0.29) is 5.82 Å². The molecule has 0 spiro atoms. The number of hydrogen-bond donors (Lipinski definition) is 0. The fourth-order valence-electron chi connectivity index (χ4n) is 5.78. The van der Waals surface area contributed by atoms with Crippen LogP contribution < -0.4 is 4.57 Å². The summed E-state index contributed by atoms with van der Waals surface area (Å²) in [6, 6.07) is 24.7. The highest BCUT2D eigenvalue weighted by molar-refractivity contribution is 6.27. The maximum absolute atomic E-state index is 14.9. The Labute approximate surface area is 190 Å². The number of benzene rings is 4. The van der Waals surface area contributed by atoms with Gasteiger partial charge in [-0.05, 0) is 65.8 Å². The summed E-state index contributed by atoms with van der Waals surface area (Å²) in [5.74, 6) is -0.209. The summed E-state index contributed by atoms with van der Waals surface area (Å²) < 4.78 is 19.3. The Morgan fingerprint density at radius 3 is 2.42 bits per heavy atom. The number of nitrogens with zero attached hydrogens (tertiary/aromatic N) is 2. The summed E-state index contributed by atoms with van der Waals surface area (Å²) in [7, 11) is 2.09. The maximum Gasteiger partial charge on any atom is 0.224 e. The predicted octanol–water partition coefficient (Wildman–Crippen LogP) is 7.24. The van der Waals surface area contributed by atoms with Gasteiger partial charge in [-0.2, -0.15) is 0 Å². The van der Waals surface area contributed by atoms with Gasteiger partial charge >= 0.3 is 0 Å². The highest BCUT2D eigenvalue weighted by Gasteiger charge is 2.26. The van der Waals surface area contributed by atoms with Crippen LogP contribution in [0.4, 0.5) is 4.39 Å². The minimum Gasteiger partial charge on any atom is -0.307 e. The molecule has 7 aromatic rings. The van der Waals surface area contributed by atoms with Crippen molar-refractivity contribution in [3.05, 3.63) is 95.9 Å². The summed E-state index contributed by atoms with van der Waals surface area (Å²) in [5.41, 5.74) is 9.28. The first-order valence-electron chi connectivity index (χ1n) is 11.3. The van der Waals surface area contributed by atoms with E-state index in [4.69, 9.17) is 0 Å². The van der Waals surface area contributed by atoms with E-state index < -0.39 is 0 Å². The molecule has 0 fully saturated rings. The van der Waals surface area contributed by atoms with Crippen LogP contribution in [-0.2, 0) is 7.05 Å². The third-order valence-corrected chi connectivity index (χ3v) is 7.34. The number of pyridine rings is 2. The minimum absolute atomic E-state index is 0.209. The number of aryl methyl sites for hydroxylation is 3. The molecule has 3 heterocycles. The molecule has 0 aliphatic heterocycles. The van der Waals surface area contributed by atoms with Crippen molar-refractivity contribution < 1.29 is 8.96 Å². The molecule has 0 amide bonds. The van der Waals surface area contributed by atoms with Gasteiger partial charge in [0.25, 0.3) is 0 Å². The van der Waals surface area contributed by atoms with Gasteiger partial charge in [-0.25, -0.2) is 8.96 Å². The summed E-state index contributed by atoms with van der Waals surface area (Å²) in [5, 5.41) is 5.71. The summed E-state index contributed by atoms with van der Waals surface area (Å²) in [6.45, 7) is 4.40. The third-order valence-electron chi connectivity index (χ3n) is 7.34. The van der Waals surface area contributed by atoms with Gasteiger partial charge in [-0.15, -0.1) is 0 Å². The molecule has 0 unspecified atom stereocenters. The monoisotopic (exact) mass is 429 g/mol. The predicted molar refractivity (Wildman–Crippen MR) is 135 cm³/mol. The van der Waals surface area contributed by atoms with Gasteiger partial charge in [0.1, 0.15) is 12.9 Å². The lowest BCUT2D eigenvalue weighted by Gasteiger charge is -2.14. The van der Waals surface area contributed by atoms with Crippen molar-refractivity contribution in [2.45, 2.75) is 13.8 Å². The van der Waals surface area contributed by atoms with E-state index >= 15 is 0 Å². The van der Waals surface area contributed by atoms with Gasteiger partial charge in [0.05, 0.1) is 27.3 Å². The molecule has 158 valence electrons. The summed E-state index contributed by atoms with van der Waals surface area (Å²) >= 11 is 0. The molecule has 4 aromatic carbocycles. The Kier molecular flexibility index (Phi) is 3.54. The highest BCUT2D eigenvalue weighted by Crippen LogP contribution is 2.44. The van der Waals surface area contributed by atoms with Crippen LogP contribution in [0.5, 0.6) is 0 Å². The molecule has 0 aliphatic rings. The zero-order valence-corrected chi connectivity index (χ0v) is 18.8. The molecule has 0 radical (unpaired) electrons. The molecular weight excluding hydrogens is 407 g/mol. The summed E-state index contributed by atoms with van der Waals surface area (Å²) in [6.07, 6.45) is 2.04. The van der Waals surface area contributed by atoms with Crippen LogP contribution in [-0.4, -0.2) is 4.40 Å². The van der Waals surface area contributed by atoms with Crippen LogP contribution in [0.3, 0.4) is 0 Å². The van der Waals surface area contributed by atoms with Crippen LogP contribution in [0.15, 0.2) is 79.0 Å². The van der Waals surface area contributed by atoms with Crippen LogP contribution in [0.25, 0.3) is 60.1 Å². The molecule has 2 nitrogen and oxygen atoms in total. The second kappa shape index (κ2) is 6.29. The first kappa shape index (κ1) is 18.6. The Morgan fingerprint density at radius 1 is 0.788 bits per heavy atom. The van der Waals surface area contributed by atoms with Crippen LogP contribution in [0.1, 0.15) is 11.1 Å². The molecule has 0 saturated heterocycles. The van der Waals surface area contributed by atoms with E-state index in [1.54, 1.807) is 12.1 Å². The standard InChI is InChI=1S/C30H22FN2/c1-17-14-23-28-22(19-8-5-4-6-9-19)10-7-11-24(28)33-25-16-21(31)15-20-12-13-32(3)30(27(20)25)26(18(17)2)29(23)33/h4-16H,1-3H3/q+1. The number of hydrogen-bond acceptors (Lipinski definition) is 0. The lowest BCUT2D eigenvalue weighted by atomic mass is 9.95. The Morgan fingerprint density at radius 2 is 1.61 bits per heavy atom. The van der Waals surface area contributed by atoms with Crippen LogP contribution in [0, 0.1) is 19.7 Å². The van der Waals surface area contributed by atoms with E-state index in [0.717, 1.165) is 32.8 Å². The largest absolute Gasteiger partial charge is 0.307 e. The smallest absolute Gasteiger partial charge is 0.224 e. The van der Waals surface area contributed by atoms with Crippen molar-refractivity contribution in [1.29, 1.82) is 0 Å².